The molecule has 174 valence electrons. The summed E-state index contributed by atoms with van der Waals surface area (Å²) in [4.78, 5) is 55.7. The van der Waals surface area contributed by atoms with Crippen LogP contribution in [0.2, 0.25) is 0 Å². The van der Waals surface area contributed by atoms with E-state index >= 15 is 0 Å². The summed E-state index contributed by atoms with van der Waals surface area (Å²) in [6.45, 7) is 4.95. The zero-order valence-electron chi connectivity index (χ0n) is 18.9. The Morgan fingerprint density at radius 2 is 1.84 bits per heavy atom. The van der Waals surface area contributed by atoms with Gasteiger partial charge in [-0.25, -0.2) is 4.79 Å². The molecular formula is C21H36N6O4. The lowest BCUT2D eigenvalue weighted by Crippen LogP contribution is -2.49. The first kappa shape index (κ1) is 24.6. The first-order valence-corrected chi connectivity index (χ1v) is 11.2. The molecule has 0 radical (unpaired) electrons. The number of likely N-dealkylation sites (N-methyl/N-ethyl adjacent to an activating group) is 1. The van der Waals surface area contributed by atoms with Gasteiger partial charge in [-0.3, -0.25) is 28.8 Å². The molecule has 1 aliphatic carbocycles. The molecule has 1 aromatic heterocycles. The van der Waals surface area contributed by atoms with Crippen LogP contribution in [0.3, 0.4) is 0 Å². The molecule has 0 aliphatic heterocycles. The lowest BCUT2D eigenvalue weighted by atomic mass is 10.2. The highest BCUT2D eigenvalue weighted by atomic mass is 16.2. The van der Waals surface area contributed by atoms with Crippen LogP contribution in [0, 0.1) is 0 Å². The quantitative estimate of drug-likeness (QED) is 0.466. The van der Waals surface area contributed by atoms with E-state index in [0.717, 1.165) is 44.9 Å². The number of nitrogens with one attached hydrogen (secondary N) is 2. The Morgan fingerprint density at radius 3 is 2.45 bits per heavy atom. The van der Waals surface area contributed by atoms with Gasteiger partial charge in [0.25, 0.3) is 5.56 Å². The molecule has 2 rings (SSSR count). The fourth-order valence-electron chi connectivity index (χ4n) is 3.95. The van der Waals surface area contributed by atoms with E-state index in [2.05, 4.69) is 10.3 Å². The van der Waals surface area contributed by atoms with Crippen LogP contribution >= 0.6 is 0 Å². The number of nitrogens with two attached hydrogens (primary N) is 1. The van der Waals surface area contributed by atoms with E-state index in [-0.39, 0.29) is 42.5 Å². The lowest BCUT2D eigenvalue weighted by molar-refractivity contribution is -0.123. The van der Waals surface area contributed by atoms with E-state index in [0.29, 0.717) is 13.1 Å². The van der Waals surface area contributed by atoms with Crippen molar-refractivity contribution in [2.45, 2.75) is 71.4 Å². The molecule has 31 heavy (non-hydrogen) atoms. The molecule has 1 heterocycles. The molecule has 0 spiro atoms. The maximum absolute atomic E-state index is 13.3. The Morgan fingerprint density at radius 1 is 1.16 bits per heavy atom. The van der Waals surface area contributed by atoms with Crippen molar-refractivity contribution < 1.29 is 9.59 Å². The zero-order chi connectivity index (χ0) is 23.0. The van der Waals surface area contributed by atoms with Crippen LogP contribution in [0.1, 0.15) is 58.8 Å². The number of aromatic amines is 1. The molecule has 0 saturated heterocycles. The van der Waals surface area contributed by atoms with Crippen molar-refractivity contribution in [3.63, 3.8) is 0 Å². The van der Waals surface area contributed by atoms with Gasteiger partial charge in [-0.2, -0.15) is 0 Å². The fraction of sp³-hybridized carbons (Fsp3) is 0.714. The van der Waals surface area contributed by atoms with Crippen molar-refractivity contribution in [1.82, 2.24) is 19.8 Å². The van der Waals surface area contributed by atoms with Crippen LogP contribution in [0.15, 0.2) is 9.59 Å². The third-order valence-electron chi connectivity index (χ3n) is 5.54. The first-order valence-electron chi connectivity index (χ1n) is 11.2. The smallest absolute Gasteiger partial charge is 0.330 e. The normalized spacial score (nSPS) is 14.2. The van der Waals surface area contributed by atoms with E-state index in [1.165, 1.54) is 9.47 Å². The van der Waals surface area contributed by atoms with E-state index in [4.69, 9.17) is 5.73 Å². The maximum Gasteiger partial charge on any atom is 0.330 e. The molecule has 4 N–H and O–H groups in total. The van der Waals surface area contributed by atoms with Gasteiger partial charge < -0.3 is 16.0 Å². The van der Waals surface area contributed by atoms with E-state index in [1.54, 1.807) is 11.9 Å². The third-order valence-corrected chi connectivity index (χ3v) is 5.54. The van der Waals surface area contributed by atoms with Gasteiger partial charge in [-0.05, 0) is 32.7 Å². The number of rotatable bonds is 11. The van der Waals surface area contributed by atoms with Gasteiger partial charge in [0.15, 0.2) is 5.69 Å². The highest BCUT2D eigenvalue weighted by Crippen LogP contribution is 2.29. The number of hydrogen-bond donors (Lipinski definition) is 3. The van der Waals surface area contributed by atoms with Crippen molar-refractivity contribution in [3.05, 3.63) is 20.8 Å². The number of anilines is 2. The van der Waals surface area contributed by atoms with Gasteiger partial charge in [0.1, 0.15) is 5.82 Å². The zero-order valence-corrected chi connectivity index (χ0v) is 18.9. The average Bonchev–Trinajstić information content (AvgIpc) is 3.23. The number of nitrogens with zero attached hydrogens (tertiary/aromatic N) is 3. The van der Waals surface area contributed by atoms with Gasteiger partial charge in [-0.1, -0.05) is 33.1 Å². The van der Waals surface area contributed by atoms with Crippen molar-refractivity contribution in [2.24, 2.45) is 0 Å². The number of amides is 2. The molecular weight excluding hydrogens is 400 g/mol. The summed E-state index contributed by atoms with van der Waals surface area (Å²) in [5.41, 5.74) is 5.09. The lowest BCUT2D eigenvalue weighted by Gasteiger charge is -2.31. The summed E-state index contributed by atoms with van der Waals surface area (Å²) in [7, 11) is 1.69. The van der Waals surface area contributed by atoms with E-state index in [1.807, 2.05) is 13.8 Å². The molecule has 0 unspecified atom stereocenters. The van der Waals surface area contributed by atoms with Crippen molar-refractivity contribution in [2.75, 3.05) is 37.3 Å². The van der Waals surface area contributed by atoms with Crippen molar-refractivity contribution in [3.8, 4) is 0 Å². The molecule has 1 aliphatic rings. The van der Waals surface area contributed by atoms with Crippen molar-refractivity contribution >= 4 is 23.3 Å². The van der Waals surface area contributed by atoms with Gasteiger partial charge in [0.05, 0.1) is 13.1 Å². The second-order valence-corrected chi connectivity index (χ2v) is 8.22. The van der Waals surface area contributed by atoms with Gasteiger partial charge in [0, 0.05) is 19.1 Å². The standard InChI is InChI=1S/C21H36N6O4/c1-4-6-12-26-19(22)18(20(30)24-21(26)31)27(15-9-7-8-10-15)17(29)14-25(3)13-16(28)23-11-5-2/h15H,4-14,22H2,1-3H3,(H,23,28)(H,24,30,31). The monoisotopic (exact) mass is 436 g/mol. The summed E-state index contributed by atoms with van der Waals surface area (Å²) in [6.07, 6.45) is 5.85. The Kier molecular flexibility index (Phi) is 9.29. The minimum atomic E-state index is -0.654. The van der Waals surface area contributed by atoms with Crippen LogP contribution in [0.25, 0.3) is 0 Å². The van der Waals surface area contributed by atoms with Gasteiger partial charge in [0.2, 0.25) is 11.8 Å². The van der Waals surface area contributed by atoms with Crippen LogP contribution in [0.4, 0.5) is 11.5 Å². The molecule has 0 aromatic carbocycles. The minimum Gasteiger partial charge on any atom is -0.383 e. The fourth-order valence-corrected chi connectivity index (χ4v) is 3.95. The molecule has 0 bridgehead atoms. The predicted molar refractivity (Wildman–Crippen MR) is 121 cm³/mol. The molecule has 10 nitrogen and oxygen atoms in total. The van der Waals surface area contributed by atoms with Gasteiger partial charge in [-0.15, -0.1) is 0 Å². The Balaban J connectivity index is 2.33. The molecule has 1 fully saturated rings. The van der Waals surface area contributed by atoms with Crippen LogP contribution < -0.4 is 27.2 Å². The number of carbonyl (C=O) groups excluding carboxylic acids is 2. The second-order valence-electron chi connectivity index (χ2n) is 8.22. The average molecular weight is 437 g/mol. The minimum absolute atomic E-state index is 0.0193. The third kappa shape index (κ3) is 6.43. The predicted octanol–water partition coefficient (Wildman–Crippen LogP) is 0.653. The number of aromatic nitrogens is 2. The second kappa shape index (κ2) is 11.7. The Bertz CT molecular complexity index is 872. The largest absolute Gasteiger partial charge is 0.383 e. The molecule has 1 saturated carbocycles. The van der Waals surface area contributed by atoms with E-state index in [9.17, 15) is 19.2 Å². The summed E-state index contributed by atoms with van der Waals surface area (Å²) in [6, 6.07) is -0.157. The van der Waals surface area contributed by atoms with Crippen LogP contribution in [-0.4, -0.2) is 59.0 Å². The number of carbonyl (C=O) groups is 2. The SMILES string of the molecule is CCCCn1c(N)c(N(C(=O)CN(C)CC(=O)NCCC)C2CCCC2)c(=O)[nH]c1=O. The molecule has 0 atom stereocenters. The van der Waals surface area contributed by atoms with Crippen molar-refractivity contribution in [1.29, 1.82) is 0 Å². The van der Waals surface area contributed by atoms with Crippen LogP contribution in [-0.2, 0) is 16.1 Å². The Hall–Kier alpha value is -2.62. The van der Waals surface area contributed by atoms with Crippen LogP contribution in [0.5, 0.6) is 0 Å². The summed E-state index contributed by atoms with van der Waals surface area (Å²) >= 11 is 0. The first-order chi connectivity index (χ1) is 14.8. The number of hydrogen-bond acceptors (Lipinski definition) is 6. The summed E-state index contributed by atoms with van der Waals surface area (Å²) in [5.74, 6) is -0.448. The van der Waals surface area contributed by atoms with Gasteiger partial charge >= 0.3 is 5.69 Å². The molecule has 10 heteroatoms. The maximum atomic E-state index is 13.3. The number of H-pyrrole nitrogens is 1. The highest BCUT2D eigenvalue weighted by molar-refractivity contribution is 5.97. The topological polar surface area (TPSA) is 134 Å². The Labute approximate surface area is 182 Å². The summed E-state index contributed by atoms with van der Waals surface area (Å²) < 4.78 is 1.33. The number of unbranched alkanes of at least 4 members (excludes halogenated alkanes) is 1. The highest BCUT2D eigenvalue weighted by Gasteiger charge is 2.33. The van der Waals surface area contributed by atoms with E-state index < -0.39 is 11.2 Å². The molecule has 2 amide bonds. The summed E-state index contributed by atoms with van der Waals surface area (Å²) in [5, 5.41) is 2.79. The number of nitrogen functional groups attached to an aromatic ring is 1. The molecule has 1 aromatic rings.